The summed E-state index contributed by atoms with van der Waals surface area (Å²) in [6.45, 7) is 2.92. The highest BCUT2D eigenvalue weighted by Gasteiger charge is 2.44. The lowest BCUT2D eigenvalue weighted by Gasteiger charge is -2.48. The summed E-state index contributed by atoms with van der Waals surface area (Å²) in [6.07, 6.45) is 6.07. The van der Waals surface area contributed by atoms with E-state index in [4.69, 9.17) is 14.2 Å². The summed E-state index contributed by atoms with van der Waals surface area (Å²) in [6, 6.07) is 5.22. The van der Waals surface area contributed by atoms with Crippen LogP contribution < -0.4 is 15.5 Å². The molecular weight excluding hydrogens is 424 g/mol. The number of ether oxygens (including phenoxy) is 3. The van der Waals surface area contributed by atoms with Crippen molar-refractivity contribution >= 4 is 11.9 Å². The number of rotatable bonds is 8. The number of benzene rings is 1. The van der Waals surface area contributed by atoms with Gasteiger partial charge in [-0.3, -0.25) is 9.59 Å². The first kappa shape index (κ1) is 23.0. The van der Waals surface area contributed by atoms with E-state index in [0.29, 0.717) is 36.6 Å². The van der Waals surface area contributed by atoms with E-state index in [1.54, 1.807) is 33.3 Å². The Morgan fingerprint density at radius 1 is 1.15 bits per heavy atom. The third-order valence-corrected chi connectivity index (χ3v) is 6.56. The molecule has 0 radical (unpaired) electrons. The van der Waals surface area contributed by atoms with Crippen molar-refractivity contribution in [2.75, 3.05) is 34.0 Å². The normalized spacial score (nSPS) is 15.2. The van der Waals surface area contributed by atoms with Crippen LogP contribution in [0.15, 0.2) is 29.2 Å². The average Bonchev–Trinajstić information content (AvgIpc) is 2.79. The molecule has 8 nitrogen and oxygen atoms in total. The van der Waals surface area contributed by atoms with Crippen molar-refractivity contribution in [1.82, 2.24) is 9.88 Å². The number of methoxy groups -OCH3 is 1. The zero-order valence-corrected chi connectivity index (χ0v) is 19.4. The van der Waals surface area contributed by atoms with Crippen LogP contribution in [-0.4, -0.2) is 50.4 Å². The van der Waals surface area contributed by atoms with Crippen LogP contribution in [-0.2, 0) is 21.4 Å². The molecule has 2 aliphatic rings. The van der Waals surface area contributed by atoms with Gasteiger partial charge in [-0.05, 0) is 50.3 Å². The number of carbonyl (C=O) groups is 2. The van der Waals surface area contributed by atoms with Crippen LogP contribution in [0.4, 0.5) is 0 Å². The van der Waals surface area contributed by atoms with Crippen molar-refractivity contribution in [3.63, 3.8) is 0 Å². The Balaban J connectivity index is 1.83. The summed E-state index contributed by atoms with van der Waals surface area (Å²) in [5, 5.41) is 2.67. The molecule has 2 aromatic rings. The highest BCUT2D eigenvalue weighted by atomic mass is 16.5. The summed E-state index contributed by atoms with van der Waals surface area (Å²) >= 11 is 0. The number of carbonyl (C=O) groups excluding carboxylic acids is 2. The van der Waals surface area contributed by atoms with E-state index in [0.717, 1.165) is 36.8 Å². The van der Waals surface area contributed by atoms with Crippen molar-refractivity contribution < 1.29 is 23.8 Å². The smallest absolute Gasteiger partial charge is 0.343 e. The molecule has 1 N–H and O–H groups in total. The summed E-state index contributed by atoms with van der Waals surface area (Å²) in [7, 11) is 3.21. The zero-order valence-electron chi connectivity index (χ0n) is 19.4. The largest absolute Gasteiger partial charge is 0.493 e. The molecule has 4 rings (SSSR count). The van der Waals surface area contributed by atoms with Gasteiger partial charge >= 0.3 is 5.97 Å². The van der Waals surface area contributed by atoms with E-state index in [-0.39, 0.29) is 29.0 Å². The Morgan fingerprint density at radius 3 is 2.58 bits per heavy atom. The van der Waals surface area contributed by atoms with Gasteiger partial charge in [-0.15, -0.1) is 0 Å². The summed E-state index contributed by atoms with van der Waals surface area (Å²) in [5.41, 5.74) is 2.43. The van der Waals surface area contributed by atoms with Gasteiger partial charge in [-0.2, -0.15) is 0 Å². The fourth-order valence-corrected chi connectivity index (χ4v) is 4.76. The second-order valence-corrected chi connectivity index (χ2v) is 8.56. The highest BCUT2D eigenvalue weighted by molar-refractivity contribution is 5.98. The first-order valence-electron chi connectivity index (χ1n) is 11.4. The fraction of sp³-hybridized carbons (Fsp3) is 0.480. The predicted molar refractivity (Wildman–Crippen MR) is 123 cm³/mol. The van der Waals surface area contributed by atoms with Crippen LogP contribution in [0.25, 0.3) is 11.3 Å². The Labute approximate surface area is 192 Å². The topological polar surface area (TPSA) is 95.9 Å². The molecular formula is C25H30N2O6. The molecule has 1 fully saturated rings. The van der Waals surface area contributed by atoms with Crippen LogP contribution in [0.2, 0.25) is 0 Å². The molecule has 33 heavy (non-hydrogen) atoms. The van der Waals surface area contributed by atoms with Crippen molar-refractivity contribution in [2.45, 2.75) is 44.6 Å². The number of pyridine rings is 1. The lowest BCUT2D eigenvalue weighted by Crippen LogP contribution is -2.46. The van der Waals surface area contributed by atoms with Gasteiger partial charge in [0.2, 0.25) is 0 Å². The van der Waals surface area contributed by atoms with Crippen molar-refractivity contribution in [1.29, 1.82) is 0 Å². The van der Waals surface area contributed by atoms with Crippen molar-refractivity contribution in [2.24, 2.45) is 0 Å². The fourth-order valence-electron chi connectivity index (χ4n) is 4.76. The minimum Gasteiger partial charge on any atom is -0.493 e. The number of hydrogen-bond donors (Lipinski definition) is 1. The highest BCUT2D eigenvalue weighted by Crippen LogP contribution is 2.49. The first-order valence-corrected chi connectivity index (χ1v) is 11.4. The lowest BCUT2D eigenvalue weighted by molar-refractivity contribution is 0.0521. The molecule has 1 saturated carbocycles. The van der Waals surface area contributed by atoms with E-state index < -0.39 is 5.97 Å². The SMILES string of the molecule is CCOC(=O)c1cn2c(cc1=O)-c1cc(C(=O)NC)c(OCCCOC)cc1CC21CCC1. The van der Waals surface area contributed by atoms with E-state index in [2.05, 4.69) is 9.88 Å². The molecule has 1 spiro atoms. The van der Waals surface area contributed by atoms with Gasteiger partial charge in [0.05, 0.1) is 24.5 Å². The minimum absolute atomic E-state index is 0.0416. The third-order valence-electron chi connectivity index (χ3n) is 6.56. The number of fused-ring (bicyclic) bond motifs is 4. The maximum absolute atomic E-state index is 12.8. The molecule has 1 aromatic carbocycles. The quantitative estimate of drug-likeness (QED) is 0.487. The van der Waals surface area contributed by atoms with Crippen LogP contribution in [0, 0.1) is 0 Å². The number of amides is 1. The van der Waals surface area contributed by atoms with Crippen LogP contribution in [0.1, 0.15) is 58.9 Å². The van der Waals surface area contributed by atoms with Gasteiger partial charge in [0, 0.05) is 50.6 Å². The number of nitrogens with one attached hydrogen (secondary N) is 1. The molecule has 0 saturated heterocycles. The van der Waals surface area contributed by atoms with Gasteiger partial charge in [0.1, 0.15) is 11.3 Å². The molecule has 0 atom stereocenters. The van der Waals surface area contributed by atoms with Crippen LogP contribution >= 0.6 is 0 Å². The molecule has 0 unspecified atom stereocenters. The summed E-state index contributed by atoms with van der Waals surface area (Å²) in [5.74, 6) is -0.345. The van der Waals surface area contributed by atoms with Gasteiger partial charge in [0.25, 0.3) is 5.91 Å². The molecule has 1 amide bonds. The van der Waals surface area contributed by atoms with Crippen molar-refractivity contribution in [3.05, 3.63) is 51.3 Å². The minimum atomic E-state index is -0.607. The number of esters is 1. The van der Waals surface area contributed by atoms with Crippen LogP contribution in [0.5, 0.6) is 5.75 Å². The van der Waals surface area contributed by atoms with Gasteiger partial charge in [-0.25, -0.2) is 4.79 Å². The van der Waals surface area contributed by atoms with Crippen molar-refractivity contribution in [3.8, 4) is 17.0 Å². The number of hydrogen-bond acceptors (Lipinski definition) is 6. The van der Waals surface area contributed by atoms with Gasteiger partial charge < -0.3 is 24.1 Å². The standard InChI is InChI=1S/C25H30N2O6/c1-4-32-24(30)19-15-27-20(13-21(19)28)17-12-18(23(29)26-2)22(33-10-6-9-31-3)11-16(17)14-25(27)7-5-8-25/h11-13,15H,4-10,14H2,1-3H3,(H,26,29). The molecule has 1 aliphatic carbocycles. The first-order chi connectivity index (χ1) is 15.9. The second kappa shape index (κ2) is 9.39. The Morgan fingerprint density at radius 2 is 1.94 bits per heavy atom. The van der Waals surface area contributed by atoms with E-state index in [1.807, 2.05) is 6.07 Å². The molecule has 176 valence electrons. The predicted octanol–water partition coefficient (Wildman–Crippen LogP) is 2.90. The van der Waals surface area contributed by atoms with E-state index >= 15 is 0 Å². The van der Waals surface area contributed by atoms with E-state index in [1.165, 1.54) is 6.07 Å². The Kier molecular flexibility index (Phi) is 6.56. The monoisotopic (exact) mass is 454 g/mol. The van der Waals surface area contributed by atoms with Gasteiger partial charge in [0.15, 0.2) is 5.43 Å². The molecule has 2 heterocycles. The maximum atomic E-state index is 12.8. The summed E-state index contributed by atoms with van der Waals surface area (Å²) in [4.78, 5) is 37.9. The second-order valence-electron chi connectivity index (χ2n) is 8.56. The van der Waals surface area contributed by atoms with Crippen LogP contribution in [0.3, 0.4) is 0 Å². The molecule has 8 heteroatoms. The molecule has 1 aliphatic heterocycles. The Hall–Kier alpha value is -3.13. The molecule has 0 bridgehead atoms. The average molecular weight is 455 g/mol. The number of nitrogens with zero attached hydrogens (tertiary/aromatic N) is 1. The summed E-state index contributed by atoms with van der Waals surface area (Å²) < 4.78 is 18.2. The lowest BCUT2D eigenvalue weighted by atomic mass is 9.69. The Bertz CT molecular complexity index is 1130. The third kappa shape index (κ3) is 4.15. The van der Waals surface area contributed by atoms with Gasteiger partial charge in [-0.1, -0.05) is 0 Å². The number of aromatic nitrogens is 1. The zero-order chi connectivity index (χ0) is 23.6. The molecule has 1 aromatic heterocycles. The van der Waals surface area contributed by atoms with E-state index in [9.17, 15) is 14.4 Å². The maximum Gasteiger partial charge on any atom is 0.343 e.